The normalized spacial score (nSPS) is 10.9. The van der Waals surface area contributed by atoms with Crippen LogP contribution < -0.4 is 5.56 Å². The smallest absolute Gasteiger partial charge is 0.255 e. The van der Waals surface area contributed by atoms with Crippen molar-refractivity contribution in [2.75, 3.05) is 5.75 Å². The van der Waals surface area contributed by atoms with Crippen molar-refractivity contribution in [2.45, 2.75) is 31.8 Å². The van der Waals surface area contributed by atoms with Gasteiger partial charge in [0.15, 0.2) is 5.16 Å². The number of rotatable bonds is 7. The molecule has 2 rings (SSSR count). The van der Waals surface area contributed by atoms with Crippen molar-refractivity contribution in [2.24, 2.45) is 5.92 Å². The average Bonchev–Trinajstić information content (AvgIpc) is 2.49. The molecule has 22 heavy (non-hydrogen) atoms. The molecule has 0 amide bonds. The lowest BCUT2D eigenvalue weighted by molar-refractivity contribution is 0.745. The fourth-order valence-corrected chi connectivity index (χ4v) is 2.96. The third-order valence-electron chi connectivity index (χ3n) is 3.20. The van der Waals surface area contributed by atoms with Crippen LogP contribution in [0.4, 0.5) is 0 Å². The zero-order valence-corrected chi connectivity index (χ0v) is 14.0. The van der Waals surface area contributed by atoms with Crippen LogP contribution in [-0.4, -0.2) is 15.7 Å². The van der Waals surface area contributed by atoms with E-state index in [9.17, 15) is 4.79 Å². The minimum Gasteiger partial charge on any atom is -0.301 e. The van der Waals surface area contributed by atoms with Gasteiger partial charge < -0.3 is 4.98 Å². The summed E-state index contributed by atoms with van der Waals surface area (Å²) in [5, 5.41) is 0.706. The quantitative estimate of drug-likeness (QED) is 0.480. The summed E-state index contributed by atoms with van der Waals surface area (Å²) in [4.78, 5) is 19.9. The Labute approximate surface area is 135 Å². The van der Waals surface area contributed by atoms with Gasteiger partial charge in [-0.3, -0.25) is 4.79 Å². The fraction of sp³-hybridized carbons (Fsp3) is 0.333. The summed E-state index contributed by atoms with van der Waals surface area (Å²) in [6.45, 7) is 8.05. The highest BCUT2D eigenvalue weighted by atomic mass is 32.2. The minimum absolute atomic E-state index is 0.0490. The number of hydrogen-bond donors (Lipinski definition) is 1. The number of allylic oxidation sites excluding steroid dienone is 1. The fourth-order valence-electron chi connectivity index (χ4n) is 2.13. The van der Waals surface area contributed by atoms with Gasteiger partial charge in [0.05, 0.1) is 5.69 Å². The Kier molecular flexibility index (Phi) is 6.01. The molecular weight excluding hydrogens is 292 g/mol. The number of nitrogens with one attached hydrogen (secondary N) is 1. The second-order valence-electron chi connectivity index (χ2n) is 5.66. The maximum atomic E-state index is 12.3. The van der Waals surface area contributed by atoms with E-state index in [-0.39, 0.29) is 5.56 Å². The lowest BCUT2D eigenvalue weighted by Crippen LogP contribution is -2.19. The van der Waals surface area contributed by atoms with Gasteiger partial charge in [0.2, 0.25) is 0 Å². The highest BCUT2D eigenvalue weighted by Crippen LogP contribution is 2.18. The Morgan fingerprint density at radius 3 is 2.68 bits per heavy atom. The lowest BCUT2D eigenvalue weighted by Gasteiger charge is -2.10. The molecule has 1 aromatic heterocycles. The predicted octanol–water partition coefficient (Wildman–Crippen LogP) is 3.84. The van der Waals surface area contributed by atoms with Gasteiger partial charge in [-0.25, -0.2) is 4.98 Å². The van der Waals surface area contributed by atoms with Crippen molar-refractivity contribution in [3.63, 3.8) is 0 Å². The Morgan fingerprint density at radius 2 is 2.05 bits per heavy atom. The monoisotopic (exact) mass is 314 g/mol. The maximum Gasteiger partial charge on any atom is 0.255 e. The van der Waals surface area contributed by atoms with E-state index in [4.69, 9.17) is 0 Å². The number of nitrogens with zero attached hydrogens (tertiary/aromatic N) is 1. The number of thioether (sulfide) groups is 1. The van der Waals surface area contributed by atoms with Gasteiger partial charge in [-0.1, -0.05) is 62.0 Å². The maximum absolute atomic E-state index is 12.3. The molecule has 0 fully saturated rings. The molecule has 116 valence electrons. The number of hydrogen-bond acceptors (Lipinski definition) is 3. The van der Waals surface area contributed by atoms with Gasteiger partial charge in [0, 0.05) is 17.7 Å². The molecule has 2 aromatic rings. The molecule has 0 unspecified atom stereocenters. The number of H-pyrrole nitrogens is 1. The van der Waals surface area contributed by atoms with Crippen molar-refractivity contribution in [3.8, 4) is 0 Å². The van der Waals surface area contributed by atoms with E-state index in [2.05, 4.69) is 42.5 Å². The van der Waals surface area contributed by atoms with Gasteiger partial charge >= 0.3 is 0 Å². The summed E-state index contributed by atoms with van der Waals surface area (Å²) in [5.74, 6) is 1.50. The molecule has 0 saturated heterocycles. The SMILES string of the molecule is C=CCc1c(Cc2ccccc2)nc(SCC(C)C)[nH]c1=O. The van der Waals surface area contributed by atoms with Crippen LogP contribution in [0.5, 0.6) is 0 Å². The molecular formula is C18H22N2OS. The number of aromatic nitrogens is 2. The summed E-state index contributed by atoms with van der Waals surface area (Å²) in [6.07, 6.45) is 2.96. The molecule has 1 aromatic carbocycles. The third-order valence-corrected chi connectivity index (χ3v) is 4.50. The zero-order valence-electron chi connectivity index (χ0n) is 13.1. The Hall–Kier alpha value is -1.81. The van der Waals surface area contributed by atoms with Crippen LogP contribution in [0.1, 0.15) is 30.7 Å². The van der Waals surface area contributed by atoms with Crippen LogP contribution in [0.2, 0.25) is 0 Å². The topological polar surface area (TPSA) is 45.8 Å². The molecule has 0 aliphatic rings. The van der Waals surface area contributed by atoms with Crippen LogP contribution in [0, 0.1) is 5.92 Å². The molecule has 0 saturated carbocycles. The van der Waals surface area contributed by atoms with Crippen LogP contribution in [0.3, 0.4) is 0 Å². The molecule has 0 atom stereocenters. The molecule has 3 nitrogen and oxygen atoms in total. The Balaban J connectivity index is 2.34. The second kappa shape index (κ2) is 7.99. The Bertz CT molecular complexity index is 677. The highest BCUT2D eigenvalue weighted by molar-refractivity contribution is 7.99. The molecule has 4 heteroatoms. The van der Waals surface area contributed by atoms with E-state index in [0.717, 1.165) is 17.0 Å². The van der Waals surface area contributed by atoms with E-state index in [1.165, 1.54) is 0 Å². The van der Waals surface area contributed by atoms with Gasteiger partial charge in [-0.2, -0.15) is 0 Å². The molecule has 0 radical (unpaired) electrons. The number of aromatic amines is 1. The van der Waals surface area contributed by atoms with Crippen molar-refractivity contribution in [1.82, 2.24) is 9.97 Å². The van der Waals surface area contributed by atoms with Gasteiger partial charge in [-0.05, 0) is 17.9 Å². The van der Waals surface area contributed by atoms with Crippen molar-refractivity contribution < 1.29 is 0 Å². The van der Waals surface area contributed by atoms with E-state index in [1.807, 2.05) is 18.2 Å². The highest BCUT2D eigenvalue weighted by Gasteiger charge is 2.12. The van der Waals surface area contributed by atoms with Crippen LogP contribution >= 0.6 is 11.8 Å². The summed E-state index contributed by atoms with van der Waals surface area (Å²) < 4.78 is 0. The second-order valence-corrected chi connectivity index (χ2v) is 6.67. The first-order valence-electron chi connectivity index (χ1n) is 7.49. The van der Waals surface area contributed by atoms with Gasteiger partial charge in [0.1, 0.15) is 0 Å². The van der Waals surface area contributed by atoms with Gasteiger partial charge in [-0.15, -0.1) is 6.58 Å². The first-order valence-corrected chi connectivity index (χ1v) is 8.48. The van der Waals surface area contributed by atoms with E-state index >= 15 is 0 Å². The van der Waals surface area contributed by atoms with Crippen LogP contribution in [0.15, 0.2) is 52.9 Å². The summed E-state index contributed by atoms with van der Waals surface area (Å²) >= 11 is 1.60. The molecule has 1 N–H and O–H groups in total. The summed E-state index contributed by atoms with van der Waals surface area (Å²) in [7, 11) is 0. The van der Waals surface area contributed by atoms with E-state index in [1.54, 1.807) is 17.8 Å². The largest absolute Gasteiger partial charge is 0.301 e. The van der Waals surface area contributed by atoms with E-state index in [0.29, 0.717) is 29.5 Å². The molecule has 0 bridgehead atoms. The van der Waals surface area contributed by atoms with Crippen molar-refractivity contribution >= 4 is 11.8 Å². The average molecular weight is 314 g/mol. The van der Waals surface area contributed by atoms with Crippen LogP contribution in [-0.2, 0) is 12.8 Å². The lowest BCUT2D eigenvalue weighted by atomic mass is 10.0. The molecule has 0 aliphatic heterocycles. The summed E-state index contributed by atoms with van der Waals surface area (Å²) in [5.41, 5.74) is 2.67. The van der Waals surface area contributed by atoms with Crippen molar-refractivity contribution in [1.29, 1.82) is 0 Å². The Morgan fingerprint density at radius 1 is 1.32 bits per heavy atom. The molecule has 0 spiro atoms. The minimum atomic E-state index is -0.0490. The number of benzene rings is 1. The summed E-state index contributed by atoms with van der Waals surface area (Å²) in [6, 6.07) is 10.1. The first-order chi connectivity index (χ1) is 10.6. The molecule has 1 heterocycles. The zero-order chi connectivity index (χ0) is 15.9. The third kappa shape index (κ3) is 4.60. The van der Waals surface area contributed by atoms with E-state index < -0.39 is 0 Å². The van der Waals surface area contributed by atoms with Gasteiger partial charge in [0.25, 0.3) is 5.56 Å². The van der Waals surface area contributed by atoms with Crippen molar-refractivity contribution in [3.05, 3.63) is 70.2 Å². The predicted molar refractivity (Wildman–Crippen MR) is 93.6 cm³/mol. The standard InChI is InChI=1S/C18H22N2OS/c1-4-8-15-16(11-14-9-6-5-7-10-14)19-18(20-17(15)21)22-12-13(2)3/h4-7,9-10,13H,1,8,11-12H2,2-3H3,(H,19,20,21). The molecule has 0 aliphatic carbocycles. The first kappa shape index (κ1) is 16.6. The van der Waals surface area contributed by atoms with Crippen LogP contribution in [0.25, 0.3) is 0 Å².